The van der Waals surface area contributed by atoms with Crippen LogP contribution in [0.15, 0.2) is 48.5 Å². The van der Waals surface area contributed by atoms with Gasteiger partial charge in [0.05, 0.1) is 5.56 Å². The van der Waals surface area contributed by atoms with Gasteiger partial charge >= 0.3 is 5.97 Å². The molecule has 2 N–H and O–H groups in total. The van der Waals surface area contributed by atoms with Crippen LogP contribution in [0, 0.1) is 6.92 Å². The van der Waals surface area contributed by atoms with Crippen LogP contribution < -0.4 is 20.3 Å². The van der Waals surface area contributed by atoms with E-state index >= 15 is 0 Å². The minimum Gasteiger partial charge on any atom is -0.485 e. The summed E-state index contributed by atoms with van der Waals surface area (Å²) in [5.41, 5.74) is 5.51. The zero-order chi connectivity index (χ0) is 19.2. The number of carbonyl (C=O) groups excluding carboxylic acids is 3. The van der Waals surface area contributed by atoms with Crippen molar-refractivity contribution in [2.75, 3.05) is 13.2 Å². The Hall–Kier alpha value is -3.55. The Morgan fingerprint density at radius 3 is 2.52 bits per heavy atom. The van der Waals surface area contributed by atoms with Crippen LogP contribution in [0.3, 0.4) is 0 Å². The third-order valence-electron chi connectivity index (χ3n) is 3.83. The fourth-order valence-electron chi connectivity index (χ4n) is 2.41. The quantitative estimate of drug-likeness (QED) is 0.618. The summed E-state index contributed by atoms with van der Waals surface area (Å²) < 4.78 is 15.9. The van der Waals surface area contributed by atoms with Crippen LogP contribution in [-0.4, -0.2) is 37.1 Å². The third kappa shape index (κ3) is 4.55. The Morgan fingerprint density at radius 2 is 1.74 bits per heavy atom. The smallest absolute Gasteiger partial charge is 0.338 e. The summed E-state index contributed by atoms with van der Waals surface area (Å²) >= 11 is 0. The summed E-state index contributed by atoms with van der Waals surface area (Å²) in [6.45, 7) is 1.25. The van der Waals surface area contributed by atoms with Gasteiger partial charge in [0, 0.05) is 0 Å². The van der Waals surface area contributed by atoms with Gasteiger partial charge in [-0.15, -0.1) is 0 Å². The number of amides is 2. The van der Waals surface area contributed by atoms with E-state index in [4.69, 9.17) is 14.2 Å². The molecule has 1 aliphatic rings. The first-order chi connectivity index (χ1) is 13.0. The van der Waals surface area contributed by atoms with Gasteiger partial charge in [0.25, 0.3) is 11.8 Å². The highest BCUT2D eigenvalue weighted by Gasteiger charge is 2.27. The molecule has 1 heterocycles. The van der Waals surface area contributed by atoms with Crippen molar-refractivity contribution in [2.24, 2.45) is 0 Å². The molecule has 8 heteroatoms. The molecule has 2 aromatic rings. The van der Waals surface area contributed by atoms with E-state index in [2.05, 4.69) is 10.9 Å². The first-order valence-electron chi connectivity index (χ1n) is 8.24. The standard InChI is InChI=1S/C19H18N2O6/c1-12-6-2-3-7-13(12)19(24)26-11-17(22)20-21-18(23)16-10-25-14-8-4-5-9-15(14)27-16/h2-9,16H,10-11H2,1H3,(H,20,22)(H,21,23)/t16-/m1/s1. The lowest BCUT2D eigenvalue weighted by molar-refractivity contribution is -0.135. The normalized spacial score (nSPS) is 14.8. The molecular formula is C19H18N2O6. The van der Waals surface area contributed by atoms with Gasteiger partial charge in [0.15, 0.2) is 18.1 Å². The highest BCUT2D eigenvalue weighted by atomic mass is 16.6. The fraction of sp³-hybridized carbons (Fsp3) is 0.211. The lowest BCUT2D eigenvalue weighted by atomic mass is 10.1. The summed E-state index contributed by atoms with van der Waals surface area (Å²) in [6.07, 6.45) is -0.908. The number of rotatable bonds is 4. The van der Waals surface area contributed by atoms with Gasteiger partial charge in [0.2, 0.25) is 6.10 Å². The van der Waals surface area contributed by atoms with Gasteiger partial charge < -0.3 is 14.2 Å². The van der Waals surface area contributed by atoms with Crippen molar-refractivity contribution in [1.29, 1.82) is 0 Å². The average Bonchev–Trinajstić information content (AvgIpc) is 2.70. The van der Waals surface area contributed by atoms with Crippen LogP contribution in [0.25, 0.3) is 0 Å². The molecule has 140 valence electrons. The maximum absolute atomic E-state index is 12.1. The van der Waals surface area contributed by atoms with Crippen LogP contribution in [0.4, 0.5) is 0 Å². The van der Waals surface area contributed by atoms with Crippen LogP contribution in [-0.2, 0) is 14.3 Å². The second-order valence-electron chi connectivity index (χ2n) is 5.79. The highest BCUT2D eigenvalue weighted by Crippen LogP contribution is 2.30. The summed E-state index contributed by atoms with van der Waals surface area (Å²) in [5.74, 6) is -0.878. The summed E-state index contributed by atoms with van der Waals surface area (Å²) in [4.78, 5) is 35.8. The summed E-state index contributed by atoms with van der Waals surface area (Å²) in [5, 5.41) is 0. The largest absolute Gasteiger partial charge is 0.485 e. The van der Waals surface area contributed by atoms with E-state index in [1.165, 1.54) is 0 Å². The first-order valence-corrected chi connectivity index (χ1v) is 8.24. The molecule has 0 spiro atoms. The molecule has 0 aromatic heterocycles. The zero-order valence-electron chi connectivity index (χ0n) is 14.6. The molecule has 1 atom stereocenters. The van der Waals surface area contributed by atoms with E-state index in [1.54, 1.807) is 55.5 Å². The molecule has 0 unspecified atom stereocenters. The summed E-state index contributed by atoms with van der Waals surface area (Å²) in [6, 6.07) is 13.8. The number of esters is 1. The molecule has 3 rings (SSSR count). The van der Waals surface area contributed by atoms with Crippen molar-refractivity contribution < 1.29 is 28.6 Å². The molecule has 0 bridgehead atoms. The number of carbonyl (C=O) groups is 3. The van der Waals surface area contributed by atoms with Crippen molar-refractivity contribution >= 4 is 17.8 Å². The fourth-order valence-corrected chi connectivity index (χ4v) is 2.41. The SMILES string of the molecule is Cc1ccccc1C(=O)OCC(=O)NNC(=O)[C@H]1COc2ccccc2O1. The van der Waals surface area contributed by atoms with E-state index in [-0.39, 0.29) is 6.61 Å². The number of hydrogen-bond acceptors (Lipinski definition) is 6. The number of ether oxygens (including phenoxy) is 3. The molecule has 27 heavy (non-hydrogen) atoms. The second-order valence-corrected chi connectivity index (χ2v) is 5.79. The van der Waals surface area contributed by atoms with Gasteiger partial charge in [-0.25, -0.2) is 4.79 Å². The Bertz CT molecular complexity index is 867. The van der Waals surface area contributed by atoms with E-state index in [0.717, 1.165) is 5.56 Å². The van der Waals surface area contributed by atoms with Crippen LogP contribution >= 0.6 is 0 Å². The van der Waals surface area contributed by atoms with Crippen LogP contribution in [0.5, 0.6) is 11.5 Å². The lowest BCUT2D eigenvalue weighted by Crippen LogP contribution is -2.51. The maximum atomic E-state index is 12.1. The zero-order valence-corrected chi connectivity index (χ0v) is 14.6. The van der Waals surface area contributed by atoms with Gasteiger partial charge in [-0.05, 0) is 30.7 Å². The van der Waals surface area contributed by atoms with Gasteiger partial charge in [-0.3, -0.25) is 20.4 Å². The van der Waals surface area contributed by atoms with Gasteiger partial charge in [0.1, 0.15) is 6.61 Å². The first kappa shape index (κ1) is 18.2. The second kappa shape index (κ2) is 8.22. The van der Waals surface area contributed by atoms with E-state index in [0.29, 0.717) is 17.1 Å². The predicted octanol–water partition coefficient (Wildman–Crippen LogP) is 1.14. The number of nitrogens with one attached hydrogen (secondary N) is 2. The molecule has 0 aliphatic carbocycles. The number of benzene rings is 2. The average molecular weight is 370 g/mol. The number of aryl methyl sites for hydroxylation is 1. The minimum atomic E-state index is -0.908. The van der Waals surface area contributed by atoms with Gasteiger partial charge in [-0.1, -0.05) is 30.3 Å². The maximum Gasteiger partial charge on any atom is 0.338 e. The van der Waals surface area contributed by atoms with E-state index in [1.807, 2.05) is 0 Å². The molecule has 2 amide bonds. The van der Waals surface area contributed by atoms with Crippen molar-refractivity contribution in [3.63, 3.8) is 0 Å². The molecule has 0 fully saturated rings. The van der Waals surface area contributed by atoms with E-state index in [9.17, 15) is 14.4 Å². The van der Waals surface area contributed by atoms with E-state index < -0.39 is 30.5 Å². The predicted molar refractivity (Wildman–Crippen MR) is 94.1 cm³/mol. The third-order valence-corrected chi connectivity index (χ3v) is 3.83. The Kier molecular flexibility index (Phi) is 5.55. The Labute approximate surface area is 155 Å². The number of fused-ring (bicyclic) bond motifs is 1. The van der Waals surface area contributed by atoms with Crippen LogP contribution in [0.1, 0.15) is 15.9 Å². The molecule has 2 aromatic carbocycles. The van der Waals surface area contributed by atoms with Gasteiger partial charge in [-0.2, -0.15) is 0 Å². The Balaban J connectivity index is 1.43. The topological polar surface area (TPSA) is 103 Å². The van der Waals surface area contributed by atoms with Crippen LogP contribution in [0.2, 0.25) is 0 Å². The lowest BCUT2D eigenvalue weighted by Gasteiger charge is -2.25. The molecule has 1 aliphatic heterocycles. The number of para-hydroxylation sites is 2. The molecule has 8 nitrogen and oxygen atoms in total. The van der Waals surface area contributed by atoms with Crippen molar-refractivity contribution in [3.8, 4) is 11.5 Å². The highest BCUT2D eigenvalue weighted by molar-refractivity contribution is 5.93. The number of hydrazine groups is 1. The molecule has 0 saturated carbocycles. The minimum absolute atomic E-state index is 0.0149. The number of hydrogen-bond donors (Lipinski definition) is 2. The molecule has 0 saturated heterocycles. The monoisotopic (exact) mass is 370 g/mol. The molecule has 0 radical (unpaired) electrons. The summed E-state index contributed by atoms with van der Waals surface area (Å²) in [7, 11) is 0. The van der Waals surface area contributed by atoms with Crippen molar-refractivity contribution in [3.05, 3.63) is 59.7 Å². The Morgan fingerprint density at radius 1 is 1.04 bits per heavy atom. The van der Waals surface area contributed by atoms with Crippen molar-refractivity contribution in [2.45, 2.75) is 13.0 Å². The molecular weight excluding hydrogens is 352 g/mol. The van der Waals surface area contributed by atoms with Crippen molar-refractivity contribution in [1.82, 2.24) is 10.9 Å².